The molecule has 0 saturated heterocycles. The van der Waals surface area contributed by atoms with Crippen molar-refractivity contribution in [1.82, 2.24) is 0 Å². The van der Waals surface area contributed by atoms with Crippen molar-refractivity contribution >= 4 is 38.6 Å². The molecule has 0 amide bonds. The summed E-state index contributed by atoms with van der Waals surface area (Å²) in [5.74, 6) is 0. The number of nitrogens with one attached hydrogen (secondary N) is 1. The van der Waals surface area contributed by atoms with Gasteiger partial charge in [-0.25, -0.2) is 0 Å². The van der Waals surface area contributed by atoms with Crippen molar-refractivity contribution in [1.29, 1.82) is 0 Å². The number of anilines is 1. The number of hydrogen-bond acceptors (Lipinski definition) is 2. The van der Waals surface area contributed by atoms with Gasteiger partial charge in [0.05, 0.1) is 11.4 Å². The Morgan fingerprint density at radius 3 is 2.06 bits per heavy atom. The van der Waals surface area contributed by atoms with Crippen LogP contribution in [0.2, 0.25) is 0 Å². The number of rotatable bonds is 2. The van der Waals surface area contributed by atoms with E-state index < -0.39 is 0 Å². The molecule has 1 N–H and O–H groups in total. The Balaban J connectivity index is 1.35. The van der Waals surface area contributed by atoms with Gasteiger partial charge in [0.2, 0.25) is 0 Å². The van der Waals surface area contributed by atoms with Crippen molar-refractivity contribution in [2.45, 2.75) is 38.5 Å². The Labute approximate surface area is 195 Å². The first kappa shape index (κ1) is 20.0. The lowest BCUT2D eigenvalue weighted by molar-refractivity contribution is 0.659. The molecular weight excluding hydrogens is 400 g/mol. The van der Waals surface area contributed by atoms with E-state index in [2.05, 4.69) is 124 Å². The van der Waals surface area contributed by atoms with E-state index in [1.807, 2.05) is 0 Å². The van der Waals surface area contributed by atoms with Crippen molar-refractivity contribution in [3.8, 4) is 0 Å². The molecule has 0 unspecified atom stereocenters. The fraction of sp³-hybridized carbons (Fsp3) is 0.194. The van der Waals surface area contributed by atoms with Gasteiger partial charge in [0.25, 0.3) is 0 Å². The van der Waals surface area contributed by atoms with Crippen molar-refractivity contribution in [2.75, 3.05) is 5.32 Å². The van der Waals surface area contributed by atoms with Gasteiger partial charge in [-0.2, -0.15) is 0 Å². The molecule has 0 fully saturated rings. The predicted octanol–water partition coefficient (Wildman–Crippen LogP) is 8.20. The highest BCUT2D eigenvalue weighted by molar-refractivity contribution is 6.12. The highest BCUT2D eigenvalue weighted by atomic mass is 15.0. The van der Waals surface area contributed by atoms with E-state index in [4.69, 9.17) is 4.99 Å². The van der Waals surface area contributed by atoms with Crippen LogP contribution < -0.4 is 5.32 Å². The van der Waals surface area contributed by atoms with E-state index in [0.29, 0.717) is 0 Å². The zero-order chi connectivity index (χ0) is 22.8. The molecule has 4 aromatic rings. The van der Waals surface area contributed by atoms with Crippen molar-refractivity contribution in [3.05, 3.63) is 108 Å². The molecule has 0 atom stereocenters. The lowest BCUT2D eigenvalue weighted by Crippen LogP contribution is -2.24. The summed E-state index contributed by atoms with van der Waals surface area (Å²) >= 11 is 0. The smallest absolute Gasteiger partial charge is 0.0681 e. The van der Waals surface area contributed by atoms with E-state index in [9.17, 15) is 0 Å². The molecule has 162 valence electrons. The molecule has 2 nitrogen and oxygen atoms in total. The monoisotopic (exact) mass is 428 g/mol. The number of nitrogens with zero attached hydrogens (tertiary/aromatic N) is 1. The second kappa shape index (κ2) is 6.92. The Bertz CT molecular complexity index is 1530. The maximum absolute atomic E-state index is 5.02. The molecule has 33 heavy (non-hydrogen) atoms. The van der Waals surface area contributed by atoms with Gasteiger partial charge in [-0.05, 0) is 57.0 Å². The van der Waals surface area contributed by atoms with E-state index in [1.54, 1.807) is 0 Å². The van der Waals surface area contributed by atoms with Crippen LogP contribution in [0.15, 0.2) is 102 Å². The molecule has 0 aromatic heterocycles. The summed E-state index contributed by atoms with van der Waals surface area (Å²) in [6.07, 6.45) is 6.56. The lowest BCUT2D eigenvalue weighted by Gasteiger charge is -2.22. The Hall–Kier alpha value is -3.65. The van der Waals surface area contributed by atoms with E-state index in [1.165, 1.54) is 44.1 Å². The second-order valence-corrected chi connectivity index (χ2v) is 10.2. The van der Waals surface area contributed by atoms with Crippen LogP contribution in [0.3, 0.4) is 0 Å². The highest BCUT2D eigenvalue weighted by Gasteiger charge is 2.37. The molecule has 0 aliphatic carbocycles. The van der Waals surface area contributed by atoms with Crippen LogP contribution in [-0.2, 0) is 10.8 Å². The summed E-state index contributed by atoms with van der Waals surface area (Å²) in [6.45, 7) is 9.16. The first-order valence-electron chi connectivity index (χ1n) is 11.7. The normalized spacial score (nSPS) is 19.2. The van der Waals surface area contributed by atoms with Gasteiger partial charge in [-0.3, -0.25) is 4.99 Å². The van der Waals surface area contributed by atoms with Crippen LogP contribution in [0.4, 0.5) is 11.4 Å². The molecule has 0 spiro atoms. The standard InChI is InChI=1S/C31H28N2/c1-30(2)26(32-24-18-16-20-10-5-7-12-22(20)28(24)30)14-9-15-27-31(3,4)29-23-13-8-6-11-21(23)17-19-25(29)33-27/h5-19,32H,1-4H3/b15-9+,26-14-. The quantitative estimate of drug-likeness (QED) is 0.342. The minimum Gasteiger partial charge on any atom is -0.358 e. The van der Waals surface area contributed by atoms with Gasteiger partial charge in [0.15, 0.2) is 0 Å². The van der Waals surface area contributed by atoms with Crippen molar-refractivity contribution in [2.24, 2.45) is 4.99 Å². The summed E-state index contributed by atoms with van der Waals surface area (Å²) in [4.78, 5) is 5.02. The van der Waals surface area contributed by atoms with Gasteiger partial charge >= 0.3 is 0 Å². The zero-order valence-electron chi connectivity index (χ0n) is 19.6. The first-order valence-corrected chi connectivity index (χ1v) is 11.7. The molecular formula is C31H28N2. The maximum Gasteiger partial charge on any atom is 0.0681 e. The number of benzene rings is 4. The summed E-state index contributed by atoms with van der Waals surface area (Å²) in [5.41, 5.74) is 7.08. The van der Waals surface area contributed by atoms with Gasteiger partial charge in [-0.1, -0.05) is 94.4 Å². The largest absolute Gasteiger partial charge is 0.358 e. The molecule has 0 radical (unpaired) electrons. The number of fused-ring (bicyclic) bond motifs is 6. The fourth-order valence-corrected chi connectivity index (χ4v) is 5.62. The van der Waals surface area contributed by atoms with Crippen LogP contribution in [0.1, 0.15) is 38.8 Å². The van der Waals surface area contributed by atoms with Crippen LogP contribution in [0.25, 0.3) is 21.5 Å². The number of hydrogen-bond donors (Lipinski definition) is 1. The third-order valence-electron chi connectivity index (χ3n) is 7.43. The third kappa shape index (κ3) is 2.90. The zero-order valence-corrected chi connectivity index (χ0v) is 19.6. The molecule has 2 heterocycles. The van der Waals surface area contributed by atoms with Gasteiger partial charge in [0.1, 0.15) is 0 Å². The average molecular weight is 429 g/mol. The predicted molar refractivity (Wildman–Crippen MR) is 142 cm³/mol. The molecule has 0 saturated carbocycles. The number of allylic oxidation sites excluding steroid dienone is 4. The minimum absolute atomic E-state index is 0.0906. The fourth-order valence-electron chi connectivity index (χ4n) is 5.62. The minimum atomic E-state index is -0.136. The maximum atomic E-state index is 5.02. The second-order valence-electron chi connectivity index (χ2n) is 10.2. The Morgan fingerprint density at radius 1 is 0.697 bits per heavy atom. The Morgan fingerprint density at radius 2 is 1.33 bits per heavy atom. The van der Waals surface area contributed by atoms with Crippen LogP contribution in [0.5, 0.6) is 0 Å². The van der Waals surface area contributed by atoms with E-state index in [0.717, 1.165) is 11.4 Å². The molecule has 2 aliphatic heterocycles. The Kier molecular flexibility index (Phi) is 4.19. The van der Waals surface area contributed by atoms with Gasteiger partial charge < -0.3 is 5.32 Å². The average Bonchev–Trinajstić information content (AvgIpc) is 3.23. The van der Waals surface area contributed by atoms with Crippen LogP contribution in [0, 0.1) is 0 Å². The molecule has 2 heteroatoms. The van der Waals surface area contributed by atoms with Crippen LogP contribution >= 0.6 is 0 Å². The molecule has 2 aliphatic rings. The molecule has 0 bridgehead atoms. The van der Waals surface area contributed by atoms with Crippen molar-refractivity contribution in [3.63, 3.8) is 0 Å². The summed E-state index contributed by atoms with van der Waals surface area (Å²) in [7, 11) is 0. The van der Waals surface area contributed by atoms with Crippen LogP contribution in [-0.4, -0.2) is 5.71 Å². The molecule has 6 rings (SSSR count). The first-order chi connectivity index (χ1) is 15.9. The molecule has 4 aromatic carbocycles. The van der Waals surface area contributed by atoms with Gasteiger partial charge in [-0.15, -0.1) is 0 Å². The topological polar surface area (TPSA) is 24.4 Å². The van der Waals surface area contributed by atoms with E-state index >= 15 is 0 Å². The summed E-state index contributed by atoms with van der Waals surface area (Å²) in [6, 6.07) is 26.0. The highest BCUT2D eigenvalue weighted by Crippen LogP contribution is 2.47. The van der Waals surface area contributed by atoms with E-state index in [-0.39, 0.29) is 10.8 Å². The van der Waals surface area contributed by atoms with Crippen molar-refractivity contribution < 1.29 is 0 Å². The third-order valence-corrected chi connectivity index (χ3v) is 7.43. The summed E-state index contributed by atoms with van der Waals surface area (Å²) < 4.78 is 0. The van der Waals surface area contributed by atoms with Gasteiger partial charge in [0, 0.05) is 22.2 Å². The summed E-state index contributed by atoms with van der Waals surface area (Å²) in [5, 5.41) is 8.85. The number of aliphatic imine (C=N–C) groups is 1. The SMILES string of the molecule is CC1(C)C(/C=C/C=C2\Nc3ccc4ccccc4c3C2(C)C)=Nc2ccc3ccccc3c21. The lowest BCUT2D eigenvalue weighted by atomic mass is 9.79.